The zero-order chi connectivity index (χ0) is 22.0. The molecule has 0 spiro atoms. The normalized spacial score (nSPS) is 28.5. The van der Waals surface area contributed by atoms with Crippen LogP contribution in [-0.4, -0.2) is 26.9 Å². The van der Waals surface area contributed by atoms with Gasteiger partial charge >= 0.3 is 0 Å². The summed E-state index contributed by atoms with van der Waals surface area (Å²) in [6.07, 6.45) is 6.33. The molecule has 2 aromatic carbocycles. The third kappa shape index (κ3) is 2.98. The Morgan fingerprint density at radius 1 is 1.16 bits per heavy atom. The van der Waals surface area contributed by atoms with Crippen LogP contribution in [-0.2, 0) is 11.3 Å². The van der Waals surface area contributed by atoms with Crippen molar-refractivity contribution in [1.29, 1.82) is 0 Å². The Labute approximate surface area is 188 Å². The van der Waals surface area contributed by atoms with Gasteiger partial charge in [0.15, 0.2) is 0 Å². The van der Waals surface area contributed by atoms with Crippen molar-refractivity contribution in [3.05, 3.63) is 64.8 Å². The van der Waals surface area contributed by atoms with E-state index in [0.29, 0.717) is 35.4 Å². The van der Waals surface area contributed by atoms with Crippen LogP contribution in [0.5, 0.6) is 0 Å². The SMILES string of the molecule is O=C(N1N=CCC1c1cc(F)cc(F)c1)C12CC(C1)[C@H](Cn1ncc3cccc(Cl)c31)C2. The number of hydrogen-bond donors (Lipinski definition) is 0. The van der Waals surface area contributed by atoms with E-state index in [4.69, 9.17) is 11.6 Å². The summed E-state index contributed by atoms with van der Waals surface area (Å²) in [5.41, 5.74) is 0.914. The minimum Gasteiger partial charge on any atom is -0.272 e. The molecule has 4 aliphatic rings. The molecular formula is C24H21ClF2N4O. The zero-order valence-corrected chi connectivity index (χ0v) is 18.0. The molecule has 0 N–H and O–H groups in total. The fourth-order valence-electron chi connectivity index (χ4n) is 5.94. The number of benzene rings is 2. The first-order chi connectivity index (χ1) is 15.4. The number of carbonyl (C=O) groups excluding carboxylic acids is 1. The highest BCUT2D eigenvalue weighted by Gasteiger charge is 2.62. The van der Waals surface area contributed by atoms with Gasteiger partial charge in [-0.15, -0.1) is 0 Å². The summed E-state index contributed by atoms with van der Waals surface area (Å²) in [6.45, 7) is 0.717. The minimum atomic E-state index is -0.646. The lowest BCUT2D eigenvalue weighted by molar-refractivity contribution is -0.148. The van der Waals surface area contributed by atoms with E-state index < -0.39 is 23.1 Å². The molecular weight excluding hydrogens is 434 g/mol. The van der Waals surface area contributed by atoms with E-state index in [1.165, 1.54) is 17.1 Å². The molecule has 1 aliphatic heterocycles. The number of nitrogens with zero attached hydrogens (tertiary/aromatic N) is 4. The molecule has 1 unspecified atom stereocenters. The number of carbonyl (C=O) groups is 1. The third-order valence-electron chi connectivity index (χ3n) is 7.41. The number of halogens is 3. The highest BCUT2D eigenvalue weighted by molar-refractivity contribution is 6.35. The van der Waals surface area contributed by atoms with Crippen LogP contribution in [0, 0.1) is 28.9 Å². The fraction of sp³-hybridized carbons (Fsp3) is 0.375. The largest absolute Gasteiger partial charge is 0.272 e. The maximum absolute atomic E-state index is 13.8. The van der Waals surface area contributed by atoms with Crippen LogP contribution in [0.15, 0.2) is 47.7 Å². The van der Waals surface area contributed by atoms with Gasteiger partial charge in [0.05, 0.1) is 28.2 Å². The molecule has 3 saturated carbocycles. The molecule has 3 aliphatic carbocycles. The van der Waals surface area contributed by atoms with Crippen molar-refractivity contribution >= 4 is 34.6 Å². The average molecular weight is 455 g/mol. The monoisotopic (exact) mass is 454 g/mol. The number of hydrazone groups is 1. The Balaban J connectivity index is 1.22. The minimum absolute atomic E-state index is 0.0389. The molecule has 3 fully saturated rings. The number of para-hydroxylation sites is 1. The number of rotatable bonds is 4. The Morgan fingerprint density at radius 2 is 1.94 bits per heavy atom. The number of fused-ring (bicyclic) bond motifs is 2. The second kappa shape index (κ2) is 7.10. The molecule has 5 nitrogen and oxygen atoms in total. The van der Waals surface area contributed by atoms with Crippen LogP contribution >= 0.6 is 11.6 Å². The lowest BCUT2D eigenvalue weighted by Crippen LogP contribution is -2.45. The van der Waals surface area contributed by atoms with Gasteiger partial charge in [-0.1, -0.05) is 23.7 Å². The van der Waals surface area contributed by atoms with Crippen LogP contribution in [0.3, 0.4) is 0 Å². The predicted octanol–water partition coefficient (Wildman–Crippen LogP) is 5.34. The van der Waals surface area contributed by atoms with E-state index in [0.717, 1.165) is 36.2 Å². The highest BCUT2D eigenvalue weighted by Crippen LogP contribution is 2.63. The van der Waals surface area contributed by atoms with Crippen molar-refractivity contribution in [2.24, 2.45) is 22.4 Å². The van der Waals surface area contributed by atoms with Crippen LogP contribution in [0.25, 0.3) is 10.9 Å². The van der Waals surface area contributed by atoms with Crippen molar-refractivity contribution in [2.75, 3.05) is 0 Å². The molecule has 0 radical (unpaired) electrons. The van der Waals surface area contributed by atoms with E-state index >= 15 is 0 Å². The van der Waals surface area contributed by atoms with Gasteiger partial charge in [-0.25, -0.2) is 13.8 Å². The van der Waals surface area contributed by atoms with Crippen LogP contribution in [0.4, 0.5) is 8.78 Å². The van der Waals surface area contributed by atoms with Gasteiger partial charge in [0.25, 0.3) is 0 Å². The molecule has 1 aromatic heterocycles. The molecule has 164 valence electrons. The molecule has 0 saturated heterocycles. The summed E-state index contributed by atoms with van der Waals surface area (Å²) >= 11 is 6.41. The molecule has 7 rings (SSSR count). The summed E-state index contributed by atoms with van der Waals surface area (Å²) in [5.74, 6) is -0.547. The summed E-state index contributed by atoms with van der Waals surface area (Å²) in [7, 11) is 0. The maximum Gasteiger partial charge on any atom is 0.249 e. The van der Waals surface area contributed by atoms with E-state index in [1.807, 2.05) is 29.1 Å². The number of aromatic nitrogens is 2. The molecule has 8 heteroatoms. The number of amides is 1. The van der Waals surface area contributed by atoms with Crippen molar-refractivity contribution in [3.8, 4) is 0 Å². The Morgan fingerprint density at radius 3 is 2.72 bits per heavy atom. The Bertz CT molecular complexity index is 1250. The Kier molecular flexibility index (Phi) is 4.41. The van der Waals surface area contributed by atoms with E-state index in [-0.39, 0.29) is 5.91 Å². The van der Waals surface area contributed by atoms with Gasteiger partial charge in [-0.2, -0.15) is 10.2 Å². The lowest BCUT2D eigenvalue weighted by atomic mass is 9.68. The van der Waals surface area contributed by atoms with Gasteiger partial charge in [-0.3, -0.25) is 9.48 Å². The van der Waals surface area contributed by atoms with Crippen LogP contribution in [0.1, 0.15) is 37.3 Å². The zero-order valence-electron chi connectivity index (χ0n) is 17.2. The topological polar surface area (TPSA) is 50.5 Å². The van der Waals surface area contributed by atoms with E-state index in [1.54, 1.807) is 6.21 Å². The molecule has 2 heterocycles. The summed E-state index contributed by atoms with van der Waals surface area (Å²) in [6, 6.07) is 8.71. The third-order valence-corrected chi connectivity index (χ3v) is 7.71. The molecule has 1 amide bonds. The van der Waals surface area contributed by atoms with Crippen molar-refractivity contribution in [2.45, 2.75) is 38.3 Å². The molecule has 32 heavy (non-hydrogen) atoms. The van der Waals surface area contributed by atoms with Crippen molar-refractivity contribution < 1.29 is 13.6 Å². The van der Waals surface area contributed by atoms with Gasteiger partial charge in [0.1, 0.15) is 11.6 Å². The smallest absolute Gasteiger partial charge is 0.249 e. The van der Waals surface area contributed by atoms with E-state index in [2.05, 4.69) is 10.2 Å². The van der Waals surface area contributed by atoms with Gasteiger partial charge in [-0.05, 0) is 54.9 Å². The average Bonchev–Trinajstić information content (AvgIpc) is 3.49. The first-order valence-electron chi connectivity index (χ1n) is 10.9. The second-order valence-electron chi connectivity index (χ2n) is 9.32. The quantitative estimate of drug-likeness (QED) is 0.534. The summed E-state index contributed by atoms with van der Waals surface area (Å²) in [4.78, 5) is 13.6. The molecule has 2 atom stereocenters. The standard InChI is InChI=1S/C24H21ClF2N4O/c25-20-3-1-2-14-12-29-30(22(14)20)13-17-11-24(9-16(17)10-24)23(32)31-21(4-5-28-31)15-6-18(26)8-19(27)7-15/h1-3,5-8,12,16-17,21H,4,9-11,13H2/t16?,17-,21?,24?/m0/s1. The summed E-state index contributed by atoms with van der Waals surface area (Å²) < 4.78 is 29.5. The molecule has 2 bridgehead atoms. The molecule has 3 aromatic rings. The maximum atomic E-state index is 13.8. The first-order valence-corrected chi connectivity index (χ1v) is 11.2. The Hall–Kier alpha value is -2.80. The van der Waals surface area contributed by atoms with Crippen LogP contribution < -0.4 is 0 Å². The van der Waals surface area contributed by atoms with Crippen molar-refractivity contribution in [3.63, 3.8) is 0 Å². The van der Waals surface area contributed by atoms with Crippen LogP contribution in [0.2, 0.25) is 5.02 Å². The van der Waals surface area contributed by atoms with Gasteiger partial charge < -0.3 is 0 Å². The van der Waals surface area contributed by atoms with Gasteiger partial charge in [0.2, 0.25) is 5.91 Å². The van der Waals surface area contributed by atoms with Gasteiger partial charge in [0, 0.05) is 30.6 Å². The van der Waals surface area contributed by atoms with Crippen molar-refractivity contribution in [1.82, 2.24) is 14.8 Å². The lowest BCUT2D eigenvalue weighted by Gasteiger charge is -2.40. The fourth-order valence-corrected chi connectivity index (χ4v) is 6.22. The summed E-state index contributed by atoms with van der Waals surface area (Å²) in [5, 5.41) is 12.0. The second-order valence-corrected chi connectivity index (χ2v) is 9.73. The predicted molar refractivity (Wildman–Crippen MR) is 117 cm³/mol. The number of hydrogen-bond acceptors (Lipinski definition) is 3. The first kappa shape index (κ1) is 19.9. The highest BCUT2D eigenvalue weighted by atomic mass is 35.5. The van der Waals surface area contributed by atoms with E-state index in [9.17, 15) is 13.6 Å².